The van der Waals surface area contributed by atoms with Gasteiger partial charge in [-0.15, -0.1) is 0 Å². The van der Waals surface area contributed by atoms with Gasteiger partial charge in [0.2, 0.25) is 0 Å². The minimum Gasteiger partial charge on any atom is -0.350 e. The topological polar surface area (TPSA) is 75.5 Å². The first-order valence-electron chi connectivity index (χ1n) is 7.33. The summed E-state index contributed by atoms with van der Waals surface area (Å²) in [4.78, 5) is 24.5. The van der Waals surface area contributed by atoms with Crippen LogP contribution in [0.3, 0.4) is 0 Å². The van der Waals surface area contributed by atoms with Crippen molar-refractivity contribution in [2.45, 2.75) is 6.04 Å². The smallest absolute Gasteiger partial charge is 0.282 e. The molecule has 1 N–H and O–H groups in total. The Labute approximate surface area is 139 Å². The number of nitrogens with zero attached hydrogens (tertiary/aromatic N) is 2. The van der Waals surface area contributed by atoms with Gasteiger partial charge in [-0.1, -0.05) is 24.3 Å². The van der Waals surface area contributed by atoms with Gasteiger partial charge in [0, 0.05) is 12.6 Å². The second-order valence-electron chi connectivity index (χ2n) is 5.52. The largest absolute Gasteiger partial charge is 0.350 e. The third kappa shape index (κ3) is 4.14. The summed E-state index contributed by atoms with van der Waals surface area (Å²) < 4.78 is 13.4. The summed E-state index contributed by atoms with van der Waals surface area (Å²) >= 11 is 0. The van der Waals surface area contributed by atoms with Crippen molar-refractivity contribution < 1.29 is 14.1 Å². The number of hydrogen-bond acceptors (Lipinski definition) is 4. The molecule has 2 aromatic rings. The zero-order valence-corrected chi connectivity index (χ0v) is 13.4. The van der Waals surface area contributed by atoms with Gasteiger partial charge in [-0.2, -0.15) is 0 Å². The Morgan fingerprint density at radius 2 is 1.96 bits per heavy atom. The summed E-state index contributed by atoms with van der Waals surface area (Å²) in [6.45, 7) is 0.196. The van der Waals surface area contributed by atoms with Crippen molar-refractivity contribution in [1.82, 2.24) is 10.2 Å². The molecule has 2 rings (SSSR count). The Morgan fingerprint density at radius 1 is 1.25 bits per heavy atom. The summed E-state index contributed by atoms with van der Waals surface area (Å²) in [5.41, 5.74) is 0.462. The maximum Gasteiger partial charge on any atom is 0.282 e. The number of nitro groups is 1. The summed E-state index contributed by atoms with van der Waals surface area (Å²) in [6.07, 6.45) is 0. The van der Waals surface area contributed by atoms with Gasteiger partial charge in [-0.05, 0) is 37.9 Å². The number of benzene rings is 2. The van der Waals surface area contributed by atoms with Crippen LogP contribution in [0.2, 0.25) is 0 Å². The van der Waals surface area contributed by atoms with Crippen LogP contribution < -0.4 is 5.32 Å². The molecule has 0 saturated carbocycles. The monoisotopic (exact) mass is 331 g/mol. The van der Waals surface area contributed by atoms with Crippen LogP contribution in [-0.4, -0.2) is 36.4 Å². The molecule has 1 atom stereocenters. The third-order valence-corrected chi connectivity index (χ3v) is 3.66. The van der Waals surface area contributed by atoms with Gasteiger partial charge < -0.3 is 10.2 Å². The van der Waals surface area contributed by atoms with E-state index in [0.29, 0.717) is 5.56 Å². The highest BCUT2D eigenvalue weighted by molar-refractivity contribution is 5.98. The number of nitrogens with one attached hydrogen (secondary N) is 1. The van der Waals surface area contributed by atoms with Crippen molar-refractivity contribution in [3.8, 4) is 0 Å². The quantitative estimate of drug-likeness (QED) is 0.652. The fourth-order valence-corrected chi connectivity index (χ4v) is 2.42. The minimum atomic E-state index is -0.592. The number of halogens is 1. The summed E-state index contributed by atoms with van der Waals surface area (Å²) in [5.74, 6) is -0.894. The highest BCUT2D eigenvalue weighted by Crippen LogP contribution is 2.20. The van der Waals surface area contributed by atoms with Crippen molar-refractivity contribution >= 4 is 11.6 Å². The van der Waals surface area contributed by atoms with Crippen LogP contribution >= 0.6 is 0 Å². The third-order valence-electron chi connectivity index (χ3n) is 3.66. The molecule has 1 unspecified atom stereocenters. The molecule has 6 nitrogen and oxygen atoms in total. The van der Waals surface area contributed by atoms with Crippen LogP contribution in [0.4, 0.5) is 10.1 Å². The van der Waals surface area contributed by atoms with Gasteiger partial charge in [0.05, 0.1) is 11.0 Å². The molecule has 24 heavy (non-hydrogen) atoms. The zero-order chi connectivity index (χ0) is 17.7. The molecule has 0 fully saturated rings. The Hall–Kier alpha value is -2.80. The average molecular weight is 331 g/mol. The van der Waals surface area contributed by atoms with E-state index in [1.807, 2.05) is 19.0 Å². The fraction of sp³-hybridized carbons (Fsp3) is 0.235. The average Bonchev–Trinajstić information content (AvgIpc) is 2.54. The second-order valence-corrected chi connectivity index (χ2v) is 5.52. The van der Waals surface area contributed by atoms with Crippen molar-refractivity contribution in [3.05, 3.63) is 75.6 Å². The second kappa shape index (κ2) is 7.65. The molecular weight excluding hydrogens is 313 g/mol. The molecule has 2 aromatic carbocycles. The molecule has 0 heterocycles. The number of carbonyl (C=O) groups excluding carboxylic acids is 1. The van der Waals surface area contributed by atoms with E-state index in [1.165, 1.54) is 30.3 Å². The summed E-state index contributed by atoms with van der Waals surface area (Å²) in [6, 6.07) is 11.6. The number of nitro benzene ring substituents is 1. The lowest BCUT2D eigenvalue weighted by molar-refractivity contribution is -0.385. The van der Waals surface area contributed by atoms with E-state index in [9.17, 15) is 19.3 Å². The van der Waals surface area contributed by atoms with Gasteiger partial charge in [0.1, 0.15) is 11.4 Å². The molecule has 0 radical (unpaired) electrons. The minimum absolute atomic E-state index is 0.000696. The Bertz CT molecular complexity index is 749. The van der Waals surface area contributed by atoms with E-state index in [2.05, 4.69) is 5.32 Å². The normalized spacial score (nSPS) is 12.0. The Morgan fingerprint density at radius 3 is 2.58 bits per heavy atom. The first kappa shape index (κ1) is 17.6. The highest BCUT2D eigenvalue weighted by Gasteiger charge is 2.21. The van der Waals surface area contributed by atoms with Gasteiger partial charge in [0.15, 0.2) is 0 Å². The van der Waals surface area contributed by atoms with E-state index in [-0.39, 0.29) is 29.7 Å². The standard InChI is InChI=1S/C17H18FN3O3/c1-20(2)16(12-6-5-7-13(18)10-12)11-19-17(22)14-8-3-4-9-15(14)21(23)24/h3-10,16H,11H2,1-2H3,(H,19,22). The fourth-order valence-electron chi connectivity index (χ4n) is 2.42. The van der Waals surface area contributed by atoms with E-state index in [0.717, 1.165) is 0 Å². The molecule has 0 aliphatic heterocycles. The predicted octanol–water partition coefficient (Wildman–Crippen LogP) is 2.77. The van der Waals surface area contributed by atoms with E-state index in [1.54, 1.807) is 18.2 Å². The van der Waals surface area contributed by atoms with Crippen molar-refractivity contribution in [2.75, 3.05) is 20.6 Å². The molecule has 0 aliphatic rings. The van der Waals surface area contributed by atoms with Crippen LogP contribution in [0.15, 0.2) is 48.5 Å². The summed E-state index contributed by atoms with van der Waals surface area (Å²) in [7, 11) is 3.62. The van der Waals surface area contributed by atoms with E-state index < -0.39 is 10.8 Å². The molecule has 0 bridgehead atoms. The first-order chi connectivity index (χ1) is 11.4. The number of likely N-dealkylation sites (N-methyl/N-ethyl adjacent to an activating group) is 1. The van der Waals surface area contributed by atoms with Crippen LogP contribution in [-0.2, 0) is 0 Å². The first-order valence-corrected chi connectivity index (χ1v) is 7.33. The number of hydrogen-bond donors (Lipinski definition) is 1. The lowest BCUT2D eigenvalue weighted by atomic mass is 10.1. The number of carbonyl (C=O) groups is 1. The van der Waals surface area contributed by atoms with Gasteiger partial charge in [-0.3, -0.25) is 14.9 Å². The molecule has 0 spiro atoms. The lowest BCUT2D eigenvalue weighted by Gasteiger charge is -2.25. The molecule has 1 amide bonds. The molecular formula is C17H18FN3O3. The number of para-hydroxylation sites is 1. The van der Waals surface area contributed by atoms with Crippen molar-refractivity contribution in [3.63, 3.8) is 0 Å². The van der Waals surface area contributed by atoms with E-state index in [4.69, 9.17) is 0 Å². The number of amides is 1. The van der Waals surface area contributed by atoms with Crippen LogP contribution in [0.5, 0.6) is 0 Å². The van der Waals surface area contributed by atoms with Crippen LogP contribution in [0.25, 0.3) is 0 Å². The SMILES string of the molecule is CN(C)C(CNC(=O)c1ccccc1[N+](=O)[O-])c1cccc(F)c1. The van der Waals surface area contributed by atoms with Crippen LogP contribution in [0, 0.1) is 15.9 Å². The lowest BCUT2D eigenvalue weighted by Crippen LogP contribution is -2.34. The van der Waals surface area contributed by atoms with Gasteiger partial charge in [0.25, 0.3) is 11.6 Å². The van der Waals surface area contributed by atoms with Crippen LogP contribution in [0.1, 0.15) is 22.0 Å². The van der Waals surface area contributed by atoms with Gasteiger partial charge >= 0.3 is 0 Å². The summed E-state index contributed by atoms with van der Waals surface area (Å²) in [5, 5.41) is 13.7. The number of rotatable bonds is 6. The predicted molar refractivity (Wildman–Crippen MR) is 88.3 cm³/mol. The maximum atomic E-state index is 13.4. The van der Waals surface area contributed by atoms with Crippen molar-refractivity contribution in [2.24, 2.45) is 0 Å². The highest BCUT2D eigenvalue weighted by atomic mass is 19.1. The molecule has 0 saturated heterocycles. The maximum absolute atomic E-state index is 13.4. The Kier molecular flexibility index (Phi) is 5.59. The molecule has 0 aromatic heterocycles. The zero-order valence-electron chi connectivity index (χ0n) is 13.4. The van der Waals surface area contributed by atoms with E-state index >= 15 is 0 Å². The van der Waals surface area contributed by atoms with Gasteiger partial charge in [-0.25, -0.2) is 4.39 Å². The Balaban J connectivity index is 2.16. The molecule has 7 heteroatoms. The molecule has 126 valence electrons. The van der Waals surface area contributed by atoms with Crippen molar-refractivity contribution in [1.29, 1.82) is 0 Å². The molecule has 0 aliphatic carbocycles.